The molecule has 108 valence electrons. The van der Waals surface area contributed by atoms with Gasteiger partial charge in [-0.05, 0) is 26.0 Å². The number of hydrogen-bond acceptors (Lipinski definition) is 5. The van der Waals surface area contributed by atoms with E-state index in [1.165, 1.54) is 13.1 Å². The Hall–Kier alpha value is -2.76. The Morgan fingerprint density at radius 2 is 2.10 bits per heavy atom. The van der Waals surface area contributed by atoms with E-state index in [-0.39, 0.29) is 22.9 Å². The first kappa shape index (κ1) is 14.6. The number of Topliss-reactive ketones (excluding diaryl/α,β-unsaturated/α-hetero) is 1. The highest BCUT2D eigenvalue weighted by molar-refractivity contribution is 6.03. The van der Waals surface area contributed by atoms with E-state index in [0.29, 0.717) is 17.9 Å². The molecule has 0 aliphatic heterocycles. The molecule has 0 saturated heterocycles. The maximum Gasteiger partial charge on any atom is 0.355 e. The summed E-state index contributed by atoms with van der Waals surface area (Å²) in [6, 6.07) is 7.02. The van der Waals surface area contributed by atoms with Gasteiger partial charge in [-0.1, -0.05) is 12.1 Å². The molecule has 2 rings (SSSR count). The summed E-state index contributed by atoms with van der Waals surface area (Å²) >= 11 is 0. The van der Waals surface area contributed by atoms with Crippen molar-refractivity contribution in [3.8, 4) is 17.1 Å². The van der Waals surface area contributed by atoms with Gasteiger partial charge in [-0.2, -0.15) is 0 Å². The van der Waals surface area contributed by atoms with E-state index >= 15 is 0 Å². The summed E-state index contributed by atoms with van der Waals surface area (Å²) in [5.74, 6) is -0.767. The molecule has 0 amide bonds. The molecule has 0 atom stereocenters. The summed E-state index contributed by atoms with van der Waals surface area (Å²) in [5, 5.41) is 9.16. The van der Waals surface area contributed by atoms with Crippen LogP contribution in [0.4, 0.5) is 0 Å². The lowest BCUT2D eigenvalue weighted by Gasteiger charge is -2.07. The number of carbonyl (C=O) groups is 2. The summed E-state index contributed by atoms with van der Waals surface area (Å²) in [7, 11) is 0. The number of rotatable bonds is 5. The molecule has 21 heavy (non-hydrogen) atoms. The van der Waals surface area contributed by atoms with Crippen molar-refractivity contribution in [3.05, 3.63) is 41.7 Å². The van der Waals surface area contributed by atoms with E-state index in [4.69, 9.17) is 9.84 Å². The quantitative estimate of drug-likeness (QED) is 0.849. The maximum atomic E-state index is 11.4. The van der Waals surface area contributed by atoms with Crippen molar-refractivity contribution in [2.24, 2.45) is 0 Å². The molecular weight excluding hydrogens is 272 g/mol. The number of ketones is 1. The minimum absolute atomic E-state index is 0.00721. The number of carbonyl (C=O) groups excluding carboxylic acids is 1. The second kappa shape index (κ2) is 6.13. The molecule has 0 unspecified atom stereocenters. The third-order valence-corrected chi connectivity index (χ3v) is 2.77. The summed E-state index contributed by atoms with van der Waals surface area (Å²) in [4.78, 5) is 30.6. The topological polar surface area (TPSA) is 89.4 Å². The normalized spacial score (nSPS) is 10.2. The second-order valence-corrected chi connectivity index (χ2v) is 4.28. The van der Waals surface area contributed by atoms with E-state index in [2.05, 4.69) is 9.97 Å². The third kappa shape index (κ3) is 3.22. The van der Waals surface area contributed by atoms with Crippen molar-refractivity contribution in [3.63, 3.8) is 0 Å². The number of ether oxygens (including phenoxy) is 1. The fraction of sp³-hybridized carbons (Fsp3) is 0.200. The molecule has 0 bridgehead atoms. The first-order chi connectivity index (χ1) is 10.0. The van der Waals surface area contributed by atoms with Crippen LogP contribution in [0.25, 0.3) is 11.4 Å². The largest absolute Gasteiger partial charge is 0.494 e. The number of carboxylic acids is 1. The van der Waals surface area contributed by atoms with E-state index < -0.39 is 5.97 Å². The molecule has 1 aromatic carbocycles. The molecular formula is C15H14N2O4. The van der Waals surface area contributed by atoms with Crippen LogP contribution < -0.4 is 4.74 Å². The molecule has 1 N–H and O–H groups in total. The van der Waals surface area contributed by atoms with Crippen LogP contribution in [0.1, 0.15) is 34.7 Å². The average Bonchev–Trinajstić information content (AvgIpc) is 2.47. The first-order valence-corrected chi connectivity index (χ1v) is 6.37. The van der Waals surface area contributed by atoms with Crippen molar-refractivity contribution in [2.75, 3.05) is 6.61 Å². The van der Waals surface area contributed by atoms with Crippen LogP contribution in [0.2, 0.25) is 0 Å². The standard InChI is InChI=1S/C15H14N2O4/c1-3-21-11-6-4-5-10(7-11)14-16-8-12(9(2)18)13(17-14)15(19)20/h4-8H,3H2,1-2H3,(H,19,20). The van der Waals surface area contributed by atoms with Gasteiger partial charge in [0.15, 0.2) is 17.3 Å². The average molecular weight is 286 g/mol. The fourth-order valence-electron chi connectivity index (χ4n) is 1.83. The van der Waals surface area contributed by atoms with Crippen LogP contribution in [0.3, 0.4) is 0 Å². The Morgan fingerprint density at radius 3 is 2.71 bits per heavy atom. The summed E-state index contributed by atoms with van der Waals surface area (Å²) in [6.07, 6.45) is 1.24. The molecule has 0 radical (unpaired) electrons. The van der Waals surface area contributed by atoms with Gasteiger partial charge in [0.2, 0.25) is 0 Å². The summed E-state index contributed by atoms with van der Waals surface area (Å²) in [6.45, 7) is 3.67. The lowest BCUT2D eigenvalue weighted by atomic mass is 10.1. The van der Waals surface area contributed by atoms with Crippen LogP contribution in [-0.2, 0) is 0 Å². The molecule has 6 nitrogen and oxygen atoms in total. The predicted octanol–water partition coefficient (Wildman–Crippen LogP) is 2.44. The number of nitrogens with zero attached hydrogens (tertiary/aromatic N) is 2. The summed E-state index contributed by atoms with van der Waals surface area (Å²) < 4.78 is 5.38. The van der Waals surface area contributed by atoms with E-state index in [9.17, 15) is 9.59 Å². The van der Waals surface area contributed by atoms with Crippen LogP contribution in [0.5, 0.6) is 5.75 Å². The van der Waals surface area contributed by atoms with E-state index in [0.717, 1.165) is 0 Å². The minimum atomic E-state index is -1.26. The molecule has 1 aromatic heterocycles. The first-order valence-electron chi connectivity index (χ1n) is 6.37. The molecule has 2 aromatic rings. The highest BCUT2D eigenvalue weighted by Gasteiger charge is 2.17. The maximum absolute atomic E-state index is 11.4. The molecule has 0 aliphatic carbocycles. The number of hydrogen-bond donors (Lipinski definition) is 1. The minimum Gasteiger partial charge on any atom is -0.494 e. The monoisotopic (exact) mass is 286 g/mol. The third-order valence-electron chi connectivity index (χ3n) is 2.77. The van der Waals surface area contributed by atoms with Gasteiger partial charge in [-0.3, -0.25) is 4.79 Å². The molecule has 0 spiro atoms. The van der Waals surface area contributed by atoms with Crippen LogP contribution in [0, 0.1) is 0 Å². The van der Waals surface area contributed by atoms with Gasteiger partial charge in [0.25, 0.3) is 0 Å². The SMILES string of the molecule is CCOc1cccc(-c2ncc(C(C)=O)c(C(=O)O)n2)c1. The molecule has 0 aliphatic rings. The van der Waals surface area contributed by atoms with Gasteiger partial charge in [0.1, 0.15) is 5.75 Å². The van der Waals surface area contributed by atoms with Crippen molar-refractivity contribution in [1.82, 2.24) is 9.97 Å². The predicted molar refractivity (Wildman–Crippen MR) is 75.6 cm³/mol. The fourth-order valence-corrected chi connectivity index (χ4v) is 1.83. The number of carboxylic acid groups (broad SMARTS) is 1. The zero-order valence-corrected chi connectivity index (χ0v) is 11.7. The highest BCUT2D eigenvalue weighted by atomic mass is 16.5. The van der Waals surface area contributed by atoms with Crippen molar-refractivity contribution >= 4 is 11.8 Å². The lowest BCUT2D eigenvalue weighted by molar-refractivity contribution is 0.0685. The molecule has 0 fully saturated rings. The molecule has 6 heteroatoms. The van der Waals surface area contributed by atoms with Gasteiger partial charge >= 0.3 is 5.97 Å². The van der Waals surface area contributed by atoms with Gasteiger partial charge in [-0.15, -0.1) is 0 Å². The lowest BCUT2D eigenvalue weighted by Crippen LogP contribution is -2.11. The van der Waals surface area contributed by atoms with Gasteiger partial charge in [0.05, 0.1) is 12.2 Å². The van der Waals surface area contributed by atoms with Crippen molar-refractivity contribution in [2.45, 2.75) is 13.8 Å². The van der Waals surface area contributed by atoms with Gasteiger partial charge < -0.3 is 9.84 Å². The number of aromatic nitrogens is 2. The Kier molecular flexibility index (Phi) is 4.27. The molecule has 0 saturated carbocycles. The zero-order valence-electron chi connectivity index (χ0n) is 11.7. The number of benzene rings is 1. The van der Waals surface area contributed by atoms with Gasteiger partial charge in [-0.25, -0.2) is 14.8 Å². The Labute approximate surface area is 121 Å². The smallest absolute Gasteiger partial charge is 0.355 e. The summed E-state index contributed by atoms with van der Waals surface area (Å²) in [5.41, 5.74) is 0.320. The van der Waals surface area contributed by atoms with Crippen LogP contribution in [-0.4, -0.2) is 33.4 Å². The second-order valence-electron chi connectivity index (χ2n) is 4.28. The van der Waals surface area contributed by atoms with Gasteiger partial charge in [0, 0.05) is 11.8 Å². The Bertz CT molecular complexity index is 698. The van der Waals surface area contributed by atoms with E-state index in [1.54, 1.807) is 24.3 Å². The number of aromatic carboxylic acids is 1. The van der Waals surface area contributed by atoms with Crippen LogP contribution in [0.15, 0.2) is 30.5 Å². The highest BCUT2D eigenvalue weighted by Crippen LogP contribution is 2.22. The van der Waals surface area contributed by atoms with E-state index in [1.807, 2.05) is 6.92 Å². The zero-order chi connectivity index (χ0) is 15.4. The molecule has 1 heterocycles. The van der Waals surface area contributed by atoms with Crippen molar-refractivity contribution in [1.29, 1.82) is 0 Å². The Balaban J connectivity index is 2.50. The Morgan fingerprint density at radius 1 is 1.33 bits per heavy atom. The van der Waals surface area contributed by atoms with Crippen molar-refractivity contribution < 1.29 is 19.4 Å². The van der Waals surface area contributed by atoms with Crippen LogP contribution >= 0.6 is 0 Å².